The van der Waals surface area contributed by atoms with Gasteiger partial charge in [-0.3, -0.25) is 0 Å². The molecule has 0 saturated carbocycles. The molecule has 0 aliphatic carbocycles. The molecule has 0 bridgehead atoms. The molecule has 0 spiro atoms. The maximum absolute atomic E-state index is 8.87. The Morgan fingerprint density at radius 3 is 1.62 bits per heavy atom. The second kappa shape index (κ2) is 16.5. The van der Waals surface area contributed by atoms with Gasteiger partial charge in [0.1, 0.15) is 0 Å². The second-order valence-electron chi connectivity index (χ2n) is 0.298. The second-order valence-corrected chi connectivity index (χ2v) is 0.894. The standard InChI is InChI=1S/3Na.HO4P/c;;;1-4-5(2)3/h;;;1H/q;;+1;/p-1. The van der Waals surface area contributed by atoms with Crippen molar-refractivity contribution in [2.45, 2.75) is 0 Å². The van der Waals surface area contributed by atoms with E-state index in [0.29, 0.717) is 0 Å². The molecule has 0 aromatic carbocycles. The van der Waals surface area contributed by atoms with E-state index in [1.807, 2.05) is 0 Å². The van der Waals surface area contributed by atoms with E-state index in [-0.39, 0.29) is 29.6 Å². The van der Waals surface area contributed by atoms with Gasteiger partial charge in [0.15, 0.2) is 0 Å². The van der Waals surface area contributed by atoms with E-state index >= 15 is 0 Å². The van der Waals surface area contributed by atoms with Gasteiger partial charge in [-0.1, -0.05) is 0 Å². The first-order valence-electron chi connectivity index (χ1n) is 1.71. The van der Waals surface area contributed by atoms with Gasteiger partial charge in [0.05, 0.1) is 0 Å². The summed E-state index contributed by atoms with van der Waals surface area (Å²) in [7, 11) is -3.15. The molecule has 0 aromatic rings. The third kappa shape index (κ3) is 23.1. The van der Waals surface area contributed by atoms with Crippen LogP contribution in [0.5, 0.6) is 0 Å². The van der Waals surface area contributed by atoms with E-state index in [1.54, 1.807) is 0 Å². The van der Waals surface area contributed by atoms with Crippen LogP contribution in [-0.2, 0) is 9.24 Å². The molecule has 0 aliphatic heterocycles. The van der Waals surface area contributed by atoms with Crippen molar-refractivity contribution >= 4 is 51.9 Å². The summed E-state index contributed by atoms with van der Waals surface area (Å²) in [4.78, 5) is 8.87. The normalized spacial score (nSPS) is 8.00. The Bertz CT molecular complexity index is 46.5. The van der Waals surface area contributed by atoms with Crippen molar-refractivity contribution in [1.82, 2.24) is 0 Å². The summed E-state index contributed by atoms with van der Waals surface area (Å²) in [5, 5.41) is 8.53. The summed E-state index contributed by atoms with van der Waals surface area (Å²) in [6.45, 7) is 0. The van der Waals surface area contributed by atoms with Gasteiger partial charge in [-0.25, -0.2) is 4.67 Å². The molecule has 4 nitrogen and oxygen atoms in total. The molecule has 0 rings (SSSR count). The molecule has 8 heavy (non-hydrogen) atoms. The fraction of sp³-hybridized carbons (Fsp3) is 0. The van der Waals surface area contributed by atoms with Crippen molar-refractivity contribution in [3.05, 3.63) is 0 Å². The number of rotatable bonds is 1. The molecule has 0 saturated heterocycles. The van der Waals surface area contributed by atoms with Gasteiger partial charge in [0.2, 0.25) is 0 Å². The zero-order chi connectivity index (χ0) is 6.28. The summed E-state index contributed by atoms with van der Waals surface area (Å²) in [6, 6.07) is 0. The van der Waals surface area contributed by atoms with Crippen LogP contribution in [0.25, 0.3) is 0 Å². The Labute approximate surface area is 98.6 Å². The first-order valence-corrected chi connectivity index (χ1v) is 10.8. The number of hydrogen-bond donors (Lipinski definition) is 0. The van der Waals surface area contributed by atoms with E-state index in [4.69, 9.17) is 14.7 Å². The summed E-state index contributed by atoms with van der Waals surface area (Å²) in [5.41, 5.74) is 0. The van der Waals surface area contributed by atoms with Gasteiger partial charge in [-0.15, -0.1) is 0 Å². The van der Waals surface area contributed by atoms with Gasteiger partial charge in [0.25, 0.3) is 0 Å². The van der Waals surface area contributed by atoms with Gasteiger partial charge < -0.3 is 10.2 Å². The number of hydrogen-bond acceptors (Lipinski definition) is 4. The van der Waals surface area contributed by atoms with E-state index in [2.05, 4.69) is 4.67 Å². The molecule has 0 fully saturated rings. The molecule has 0 aliphatic rings. The minimum absolute atomic E-state index is 0. The van der Waals surface area contributed by atoms with Crippen LogP contribution in [0.2, 0.25) is 0 Å². The topological polar surface area (TPSA) is 72.4 Å². The van der Waals surface area contributed by atoms with Crippen molar-refractivity contribution in [3.8, 4) is 0 Å². The van der Waals surface area contributed by atoms with Gasteiger partial charge in [-0.2, -0.15) is 0 Å². The van der Waals surface area contributed by atoms with Crippen molar-refractivity contribution in [1.29, 1.82) is 0 Å². The zero-order valence-corrected chi connectivity index (χ0v) is 12.0. The molecule has 0 N–H and O–H groups in total. The van der Waals surface area contributed by atoms with Crippen LogP contribution in [0.15, 0.2) is 0 Å². The van der Waals surface area contributed by atoms with Crippen molar-refractivity contribution in [3.63, 3.8) is 0 Å². The molecular formula is Na3O4P. The van der Waals surface area contributed by atoms with Crippen LogP contribution in [-0.4, -0.2) is 43.6 Å². The van der Waals surface area contributed by atoms with Gasteiger partial charge in [-0.05, 0) is 4.57 Å². The Morgan fingerprint density at radius 1 is 1.50 bits per heavy atom. The SMILES string of the molecule is O=[P+]([O-])O[O-].[Na+].[Na][Na]. The fourth-order valence-electron chi connectivity index (χ4n) is 0. The summed E-state index contributed by atoms with van der Waals surface area (Å²) in [5.74, 6) is 0. The van der Waals surface area contributed by atoms with Crippen LogP contribution in [0, 0.1) is 0 Å². The Balaban J connectivity index is -0.0000000750. The average molecular weight is 164 g/mol. The first-order chi connectivity index (χ1) is 3.27. The third-order valence-corrected chi connectivity index (χ3v) is 0.183. The zero-order valence-electron chi connectivity index (χ0n) is 5.08. The molecule has 8 heteroatoms. The van der Waals surface area contributed by atoms with Crippen molar-refractivity contribution < 1.29 is 48.9 Å². The predicted molar refractivity (Wildman–Crippen MR) is 20.2 cm³/mol. The first kappa shape index (κ1) is 17.2. The fourth-order valence-corrected chi connectivity index (χ4v) is 0. The molecule has 0 radical (unpaired) electrons. The van der Waals surface area contributed by atoms with Crippen LogP contribution in [0.1, 0.15) is 0 Å². The molecular weight excluding hydrogens is 164 g/mol. The molecule has 32 valence electrons. The maximum atomic E-state index is 8.87. The summed E-state index contributed by atoms with van der Waals surface area (Å²) < 4.78 is 11.3. The van der Waals surface area contributed by atoms with E-state index in [9.17, 15) is 0 Å². The van der Waals surface area contributed by atoms with Crippen molar-refractivity contribution in [2.24, 2.45) is 0 Å². The molecule has 0 heterocycles. The predicted octanol–water partition coefficient (Wildman–Crippen LogP) is -5.46. The van der Waals surface area contributed by atoms with E-state index < -0.39 is 8.25 Å². The third-order valence-electron chi connectivity index (χ3n) is 0.0609. The van der Waals surface area contributed by atoms with Crippen LogP contribution in [0.3, 0.4) is 0 Å². The van der Waals surface area contributed by atoms with Crippen LogP contribution >= 0.6 is 8.25 Å². The van der Waals surface area contributed by atoms with Crippen molar-refractivity contribution in [2.75, 3.05) is 0 Å². The summed E-state index contributed by atoms with van der Waals surface area (Å²) in [6.07, 6.45) is 0. The Morgan fingerprint density at radius 2 is 1.62 bits per heavy atom. The van der Waals surface area contributed by atoms with E-state index in [1.165, 1.54) is 43.6 Å². The Hall–Kier alpha value is 2.98. The Kier molecular flexibility index (Phi) is 35.5. The average Bonchev–Trinajstić information content (AvgIpc) is 1.73. The molecule has 0 aromatic heterocycles. The van der Waals surface area contributed by atoms with Crippen LogP contribution < -0.4 is 39.7 Å². The van der Waals surface area contributed by atoms with Gasteiger partial charge in [0, 0.05) is 0 Å². The molecule has 1 atom stereocenters. The van der Waals surface area contributed by atoms with Crippen LogP contribution in [0.4, 0.5) is 0 Å². The van der Waals surface area contributed by atoms with E-state index in [0.717, 1.165) is 0 Å². The molecule has 0 amide bonds. The minimum atomic E-state index is -3.15. The molecule has 1 unspecified atom stereocenters. The monoisotopic (exact) mass is 164 g/mol. The van der Waals surface area contributed by atoms with Gasteiger partial charge >= 0.3 is 81.4 Å². The quantitative estimate of drug-likeness (QED) is 0.168. The summed E-state index contributed by atoms with van der Waals surface area (Å²) >= 11 is 2.89.